The van der Waals surface area contributed by atoms with Gasteiger partial charge in [0.25, 0.3) is 0 Å². The molecule has 2 aromatic rings. The maximum absolute atomic E-state index is 13.9. The molecule has 0 radical (unpaired) electrons. The summed E-state index contributed by atoms with van der Waals surface area (Å²) in [6.45, 7) is 5.31. The minimum atomic E-state index is -0.299. The van der Waals surface area contributed by atoms with Crippen LogP contribution in [0.3, 0.4) is 0 Å². The lowest BCUT2D eigenvalue weighted by molar-refractivity contribution is 0.300. The molecule has 2 aliphatic rings. The fourth-order valence-corrected chi connectivity index (χ4v) is 3.78. The lowest BCUT2D eigenvalue weighted by Gasteiger charge is -2.48. The summed E-state index contributed by atoms with van der Waals surface area (Å²) in [5, 5.41) is 4.59. The summed E-state index contributed by atoms with van der Waals surface area (Å²) in [4.78, 5) is 2.34. The van der Waals surface area contributed by atoms with Gasteiger partial charge in [0.2, 0.25) is 0 Å². The predicted octanol–water partition coefficient (Wildman–Crippen LogP) is 4.20. The number of rotatable bonds is 1. The summed E-state index contributed by atoms with van der Waals surface area (Å²) in [7, 11) is 0. The highest BCUT2D eigenvalue weighted by Gasteiger charge is 2.37. The van der Waals surface area contributed by atoms with Gasteiger partial charge in [-0.25, -0.2) is 4.39 Å². The van der Waals surface area contributed by atoms with E-state index in [1.165, 1.54) is 18.2 Å². The number of nitrogens with one attached hydrogen (secondary N) is 1. The topological polar surface area (TPSA) is 28.4 Å². The van der Waals surface area contributed by atoms with E-state index in [9.17, 15) is 4.39 Å². The van der Waals surface area contributed by atoms with Gasteiger partial charge in [0.05, 0.1) is 12.0 Å². The molecule has 0 unspecified atom stereocenters. The average Bonchev–Trinajstić information content (AvgIpc) is 2.96. The van der Waals surface area contributed by atoms with Crippen LogP contribution in [0, 0.1) is 5.82 Å². The second kappa shape index (κ2) is 4.85. The largest absolute Gasteiger partial charge is 0.461 e. The molecule has 3 nitrogen and oxygen atoms in total. The maximum atomic E-state index is 13.9. The predicted molar refractivity (Wildman–Crippen MR) is 86.5 cm³/mol. The molecular weight excluding hydrogens is 279 g/mol. The number of hydrogen-bond donors (Lipinski definition) is 1. The number of anilines is 1. The summed E-state index contributed by atoms with van der Waals surface area (Å²) in [5.74, 6) is -0.299. The van der Waals surface area contributed by atoms with Crippen LogP contribution in [-0.2, 0) is 0 Å². The SMILES string of the molecule is CC1(C)CN(c2ccc(F)c3occc23)C2=CCCC[C@@H]2N1. The molecule has 0 amide bonds. The molecule has 0 bridgehead atoms. The van der Waals surface area contributed by atoms with Crippen molar-refractivity contribution in [1.82, 2.24) is 5.32 Å². The Morgan fingerprint density at radius 1 is 1.32 bits per heavy atom. The Balaban J connectivity index is 1.86. The zero-order chi connectivity index (χ0) is 15.3. The number of furan rings is 1. The average molecular weight is 300 g/mol. The molecule has 1 N–H and O–H groups in total. The van der Waals surface area contributed by atoms with Crippen molar-refractivity contribution in [3.8, 4) is 0 Å². The maximum Gasteiger partial charge on any atom is 0.171 e. The Hall–Kier alpha value is -1.81. The highest BCUT2D eigenvalue weighted by atomic mass is 19.1. The molecule has 1 aliphatic heterocycles. The first kappa shape index (κ1) is 13.8. The van der Waals surface area contributed by atoms with E-state index in [2.05, 4.69) is 30.1 Å². The molecule has 1 fully saturated rings. The van der Waals surface area contributed by atoms with Gasteiger partial charge in [-0.2, -0.15) is 0 Å². The molecule has 4 heteroatoms. The van der Waals surface area contributed by atoms with E-state index >= 15 is 0 Å². The monoisotopic (exact) mass is 300 g/mol. The molecule has 4 rings (SSSR count). The van der Waals surface area contributed by atoms with Gasteiger partial charge in [0.1, 0.15) is 0 Å². The van der Waals surface area contributed by atoms with Crippen LogP contribution in [0.2, 0.25) is 0 Å². The van der Waals surface area contributed by atoms with Crippen molar-refractivity contribution >= 4 is 16.7 Å². The highest BCUT2D eigenvalue weighted by molar-refractivity contribution is 5.92. The summed E-state index contributed by atoms with van der Waals surface area (Å²) in [6, 6.07) is 5.63. The first-order valence-electron chi connectivity index (χ1n) is 7.96. The lowest BCUT2D eigenvalue weighted by atomic mass is 9.89. The third kappa shape index (κ3) is 2.13. The summed E-state index contributed by atoms with van der Waals surface area (Å²) >= 11 is 0. The molecule has 116 valence electrons. The van der Waals surface area contributed by atoms with Gasteiger partial charge in [0.15, 0.2) is 11.4 Å². The van der Waals surface area contributed by atoms with E-state index < -0.39 is 0 Å². The molecule has 22 heavy (non-hydrogen) atoms. The lowest BCUT2D eigenvalue weighted by Crippen LogP contribution is -2.61. The zero-order valence-electron chi connectivity index (χ0n) is 13.0. The van der Waals surface area contributed by atoms with Crippen LogP contribution in [0.1, 0.15) is 33.1 Å². The number of allylic oxidation sites excluding steroid dienone is 1. The van der Waals surface area contributed by atoms with Crippen LogP contribution in [0.4, 0.5) is 10.1 Å². The van der Waals surface area contributed by atoms with E-state index in [1.54, 1.807) is 6.26 Å². The molecule has 1 atom stereocenters. The van der Waals surface area contributed by atoms with Crippen molar-refractivity contribution in [2.45, 2.75) is 44.7 Å². The Morgan fingerprint density at radius 2 is 2.18 bits per heavy atom. The minimum Gasteiger partial charge on any atom is -0.461 e. The van der Waals surface area contributed by atoms with Gasteiger partial charge in [-0.05, 0) is 51.3 Å². The van der Waals surface area contributed by atoms with Gasteiger partial charge in [0, 0.05) is 29.2 Å². The van der Waals surface area contributed by atoms with Gasteiger partial charge in [-0.1, -0.05) is 6.08 Å². The Labute approximate surface area is 129 Å². The smallest absolute Gasteiger partial charge is 0.171 e. The van der Waals surface area contributed by atoms with Crippen LogP contribution >= 0.6 is 0 Å². The Kier molecular flexibility index (Phi) is 3.05. The van der Waals surface area contributed by atoms with Crippen molar-refractivity contribution in [3.63, 3.8) is 0 Å². The molecule has 1 saturated heterocycles. The first-order valence-corrected chi connectivity index (χ1v) is 7.96. The third-order valence-corrected chi connectivity index (χ3v) is 4.67. The molecule has 1 aliphatic carbocycles. The van der Waals surface area contributed by atoms with Crippen molar-refractivity contribution in [3.05, 3.63) is 42.1 Å². The van der Waals surface area contributed by atoms with Crippen molar-refractivity contribution < 1.29 is 8.81 Å². The number of benzene rings is 1. The van der Waals surface area contributed by atoms with E-state index in [0.29, 0.717) is 11.6 Å². The van der Waals surface area contributed by atoms with Gasteiger partial charge in [-0.3, -0.25) is 0 Å². The standard InChI is InChI=1S/C18H21FN2O/c1-18(2)11-21(16-6-4-3-5-14(16)20-18)15-8-7-13(19)17-12(15)9-10-22-17/h6-10,14,20H,3-5,11H2,1-2H3/t14-/m0/s1. The van der Waals surface area contributed by atoms with Crippen LogP contribution in [0.25, 0.3) is 11.0 Å². The highest BCUT2D eigenvalue weighted by Crippen LogP contribution is 2.37. The number of fused-ring (bicyclic) bond motifs is 2. The van der Waals surface area contributed by atoms with Gasteiger partial charge >= 0.3 is 0 Å². The molecular formula is C18H21FN2O. The number of nitrogens with zero attached hydrogens (tertiary/aromatic N) is 1. The fraction of sp³-hybridized carbons (Fsp3) is 0.444. The molecule has 0 saturated carbocycles. The van der Waals surface area contributed by atoms with E-state index in [-0.39, 0.29) is 11.4 Å². The molecule has 1 aromatic heterocycles. The van der Waals surface area contributed by atoms with E-state index in [1.807, 2.05) is 12.1 Å². The second-order valence-electron chi connectivity index (χ2n) is 6.96. The number of piperazine rings is 1. The molecule has 0 spiro atoms. The van der Waals surface area contributed by atoms with Crippen molar-refractivity contribution in [2.75, 3.05) is 11.4 Å². The normalized spacial score (nSPS) is 24.2. The van der Waals surface area contributed by atoms with Crippen LogP contribution in [0.15, 0.2) is 40.7 Å². The summed E-state index contributed by atoms with van der Waals surface area (Å²) in [6.07, 6.45) is 7.38. The first-order chi connectivity index (χ1) is 10.6. The van der Waals surface area contributed by atoms with Crippen LogP contribution in [-0.4, -0.2) is 18.1 Å². The molecule has 1 aromatic carbocycles. The van der Waals surface area contributed by atoms with Crippen molar-refractivity contribution in [2.24, 2.45) is 0 Å². The van der Waals surface area contributed by atoms with Gasteiger partial charge < -0.3 is 14.6 Å². The quantitative estimate of drug-likeness (QED) is 0.855. The van der Waals surface area contributed by atoms with Crippen molar-refractivity contribution in [1.29, 1.82) is 0 Å². The second-order valence-corrected chi connectivity index (χ2v) is 6.96. The van der Waals surface area contributed by atoms with Crippen LogP contribution < -0.4 is 10.2 Å². The van der Waals surface area contributed by atoms with Gasteiger partial charge in [-0.15, -0.1) is 0 Å². The molecule has 2 heterocycles. The van der Waals surface area contributed by atoms with E-state index in [0.717, 1.165) is 30.5 Å². The third-order valence-electron chi connectivity index (χ3n) is 4.67. The summed E-state index contributed by atoms with van der Waals surface area (Å²) < 4.78 is 19.2. The minimum absolute atomic E-state index is 0.0177. The zero-order valence-corrected chi connectivity index (χ0v) is 13.0. The van der Waals surface area contributed by atoms with Crippen LogP contribution in [0.5, 0.6) is 0 Å². The fourth-order valence-electron chi connectivity index (χ4n) is 3.78. The summed E-state index contributed by atoms with van der Waals surface area (Å²) in [5.41, 5.74) is 2.73. The Morgan fingerprint density at radius 3 is 3.05 bits per heavy atom. The Bertz CT molecular complexity index is 747. The number of hydrogen-bond acceptors (Lipinski definition) is 3. The van der Waals surface area contributed by atoms with E-state index in [4.69, 9.17) is 4.42 Å². The number of halogens is 1.